The summed E-state index contributed by atoms with van der Waals surface area (Å²) in [7, 11) is 0. The fraction of sp³-hybridized carbons (Fsp3) is 0.130. The van der Waals surface area contributed by atoms with Gasteiger partial charge < -0.3 is 23.9 Å². The van der Waals surface area contributed by atoms with Crippen molar-refractivity contribution in [2.45, 2.75) is 6.61 Å². The summed E-state index contributed by atoms with van der Waals surface area (Å²) in [6, 6.07) is 22.2. The smallest absolute Gasteiger partial charge is 0.210 e. The molecule has 7 nitrogen and oxygen atoms in total. The van der Waals surface area contributed by atoms with Gasteiger partial charge in [0, 0.05) is 0 Å². The Morgan fingerprint density at radius 1 is 0.656 bits per heavy atom. The van der Waals surface area contributed by atoms with Gasteiger partial charge in [-0.3, -0.25) is 0 Å². The third-order valence-corrected chi connectivity index (χ3v) is 4.69. The summed E-state index contributed by atoms with van der Waals surface area (Å²) in [4.78, 5) is 12.1. The number of hydroxylamine groups is 2. The number of nitrogens with one attached hydrogen (secondary N) is 2. The number of rotatable bonds is 3. The molecule has 4 rings (SSSR count). The Bertz CT molecular complexity index is 1030. The molecule has 0 radical (unpaired) electrons. The third-order valence-electron chi connectivity index (χ3n) is 4.29. The fourth-order valence-corrected chi connectivity index (χ4v) is 2.99. The predicted octanol–water partition coefficient (Wildman–Crippen LogP) is 4.16. The van der Waals surface area contributed by atoms with Gasteiger partial charge in [0.05, 0.1) is 0 Å². The zero-order valence-electron chi connectivity index (χ0n) is 16.9. The molecule has 0 saturated carbocycles. The van der Waals surface area contributed by atoms with Crippen molar-refractivity contribution in [3.63, 3.8) is 0 Å². The molecule has 0 spiro atoms. The standard InChI is InChI=1S/C23H20N2O5S2/c31-21-14-26-17-9-4-5-10-18(17)27-15-22(32)25-30-20-12-6-11-19(29-24-21)23(20)28-13-16-7-2-1-3-8-16/h1-12H,13-15H2,(H,24,31)(H,25,32). The Morgan fingerprint density at radius 3 is 1.72 bits per heavy atom. The van der Waals surface area contributed by atoms with Gasteiger partial charge in [-0.15, -0.1) is 0 Å². The Labute approximate surface area is 196 Å². The molecule has 3 aromatic rings. The van der Waals surface area contributed by atoms with Crippen LogP contribution in [0.2, 0.25) is 0 Å². The molecule has 9 heteroatoms. The van der Waals surface area contributed by atoms with E-state index in [1.165, 1.54) is 0 Å². The highest BCUT2D eigenvalue weighted by Crippen LogP contribution is 2.37. The van der Waals surface area contributed by atoms with E-state index in [0.717, 1.165) is 5.56 Å². The van der Waals surface area contributed by atoms with Crippen molar-refractivity contribution in [3.8, 4) is 28.7 Å². The Hall–Kier alpha value is -3.56. The molecule has 0 aromatic heterocycles. The lowest BCUT2D eigenvalue weighted by Gasteiger charge is -2.17. The average molecular weight is 469 g/mol. The zero-order valence-corrected chi connectivity index (χ0v) is 18.5. The minimum atomic E-state index is 0.0921. The molecule has 2 bridgehead atoms. The van der Waals surface area contributed by atoms with E-state index in [1.54, 1.807) is 30.3 Å². The number of para-hydroxylation sites is 3. The van der Waals surface area contributed by atoms with Crippen LogP contribution in [0.15, 0.2) is 72.8 Å². The maximum absolute atomic E-state index is 6.02. The van der Waals surface area contributed by atoms with Crippen LogP contribution in [0.5, 0.6) is 28.7 Å². The van der Waals surface area contributed by atoms with Crippen molar-refractivity contribution in [2.75, 3.05) is 13.2 Å². The van der Waals surface area contributed by atoms with E-state index in [0.29, 0.717) is 45.3 Å². The first-order chi connectivity index (χ1) is 15.7. The average Bonchev–Trinajstić information content (AvgIpc) is 2.83. The van der Waals surface area contributed by atoms with Crippen molar-refractivity contribution in [3.05, 3.63) is 78.4 Å². The lowest BCUT2D eigenvalue weighted by atomic mass is 10.2. The number of thiocarbonyl (C=S) groups is 2. The molecule has 1 aliphatic rings. The molecule has 32 heavy (non-hydrogen) atoms. The van der Waals surface area contributed by atoms with Crippen LogP contribution in [-0.2, 0) is 6.61 Å². The molecular weight excluding hydrogens is 448 g/mol. The molecule has 0 amide bonds. The molecule has 2 N–H and O–H groups in total. The molecule has 3 aromatic carbocycles. The van der Waals surface area contributed by atoms with Gasteiger partial charge in [-0.2, -0.15) is 0 Å². The van der Waals surface area contributed by atoms with E-state index in [1.807, 2.05) is 42.5 Å². The van der Waals surface area contributed by atoms with E-state index in [4.69, 9.17) is 48.3 Å². The van der Waals surface area contributed by atoms with E-state index >= 15 is 0 Å². The summed E-state index contributed by atoms with van der Waals surface area (Å²) < 4.78 is 17.6. The second-order valence-electron chi connectivity index (χ2n) is 6.64. The monoisotopic (exact) mass is 468 g/mol. The molecular formula is C23H20N2O5S2. The van der Waals surface area contributed by atoms with Crippen LogP contribution in [0.1, 0.15) is 5.56 Å². The summed E-state index contributed by atoms with van der Waals surface area (Å²) in [5.41, 5.74) is 6.44. The van der Waals surface area contributed by atoms with Crippen molar-refractivity contribution in [2.24, 2.45) is 0 Å². The first kappa shape index (κ1) is 21.7. The molecule has 1 aliphatic heterocycles. The number of fused-ring (bicyclic) bond motifs is 3. The first-order valence-electron chi connectivity index (χ1n) is 9.75. The van der Waals surface area contributed by atoms with Gasteiger partial charge in [-0.1, -0.05) is 73.0 Å². The predicted molar refractivity (Wildman–Crippen MR) is 127 cm³/mol. The highest BCUT2D eigenvalue weighted by atomic mass is 32.1. The van der Waals surface area contributed by atoms with E-state index in [-0.39, 0.29) is 13.2 Å². The van der Waals surface area contributed by atoms with Crippen LogP contribution in [-0.4, -0.2) is 23.2 Å². The maximum Gasteiger partial charge on any atom is 0.210 e. The van der Waals surface area contributed by atoms with E-state index in [2.05, 4.69) is 11.0 Å². The number of hydrogen-bond donors (Lipinski definition) is 2. The highest BCUT2D eigenvalue weighted by Gasteiger charge is 2.16. The molecule has 0 fully saturated rings. The largest absolute Gasteiger partial charge is 0.482 e. The highest BCUT2D eigenvalue weighted by molar-refractivity contribution is 7.80. The molecule has 1 heterocycles. The Morgan fingerprint density at radius 2 is 1.16 bits per heavy atom. The first-order valence-corrected chi connectivity index (χ1v) is 10.6. The van der Waals surface area contributed by atoms with Gasteiger partial charge in [-0.05, 0) is 29.8 Å². The summed E-state index contributed by atoms with van der Waals surface area (Å²) >= 11 is 10.7. The van der Waals surface area contributed by atoms with Gasteiger partial charge >= 0.3 is 0 Å². The van der Waals surface area contributed by atoms with Crippen LogP contribution in [0.3, 0.4) is 0 Å². The molecule has 0 atom stereocenters. The molecule has 0 saturated heterocycles. The fourth-order valence-electron chi connectivity index (χ4n) is 2.79. The number of hydrogen-bond acceptors (Lipinski definition) is 7. The SMILES string of the molecule is S=C1COc2ccccc2OCC(=S)NOc2cccc(c2OCc2ccccc2)ON1. The molecule has 0 aliphatic carbocycles. The van der Waals surface area contributed by atoms with Gasteiger partial charge in [0.2, 0.25) is 17.2 Å². The van der Waals surface area contributed by atoms with Gasteiger partial charge in [0.1, 0.15) is 29.8 Å². The topological polar surface area (TPSA) is 70.2 Å². The third kappa shape index (κ3) is 5.77. The number of benzene rings is 3. The summed E-state index contributed by atoms with van der Waals surface area (Å²) in [6.07, 6.45) is 0. The van der Waals surface area contributed by atoms with Crippen molar-refractivity contribution < 1.29 is 23.9 Å². The van der Waals surface area contributed by atoms with Crippen molar-refractivity contribution >= 4 is 34.4 Å². The second kappa shape index (κ2) is 10.7. The Kier molecular flexibility index (Phi) is 7.21. The minimum absolute atomic E-state index is 0.0921. The second-order valence-corrected chi connectivity index (χ2v) is 7.62. The Balaban J connectivity index is 1.56. The van der Waals surface area contributed by atoms with Crippen LogP contribution >= 0.6 is 24.4 Å². The normalized spacial score (nSPS) is 13.9. The van der Waals surface area contributed by atoms with Crippen LogP contribution in [0.4, 0.5) is 0 Å². The quantitative estimate of drug-likeness (QED) is 0.552. The summed E-state index contributed by atoms with van der Waals surface area (Å²) in [5.74, 6) is 2.22. The van der Waals surface area contributed by atoms with Crippen LogP contribution in [0, 0.1) is 0 Å². The molecule has 0 unspecified atom stereocenters. The summed E-state index contributed by atoms with van der Waals surface area (Å²) in [5, 5.41) is 0. The minimum Gasteiger partial charge on any atom is -0.482 e. The zero-order chi connectivity index (χ0) is 22.2. The summed E-state index contributed by atoms with van der Waals surface area (Å²) in [6.45, 7) is 0.498. The van der Waals surface area contributed by atoms with E-state index in [9.17, 15) is 0 Å². The number of ether oxygens (including phenoxy) is 3. The van der Waals surface area contributed by atoms with Gasteiger partial charge in [-0.25, -0.2) is 11.0 Å². The van der Waals surface area contributed by atoms with Gasteiger partial charge in [0.25, 0.3) is 0 Å². The van der Waals surface area contributed by atoms with Crippen molar-refractivity contribution in [1.29, 1.82) is 0 Å². The van der Waals surface area contributed by atoms with Crippen molar-refractivity contribution in [1.82, 2.24) is 11.0 Å². The van der Waals surface area contributed by atoms with Crippen LogP contribution in [0.25, 0.3) is 0 Å². The van der Waals surface area contributed by atoms with Gasteiger partial charge in [0.15, 0.2) is 11.5 Å². The maximum atomic E-state index is 6.02. The lowest BCUT2D eigenvalue weighted by molar-refractivity contribution is 0.202. The van der Waals surface area contributed by atoms with E-state index < -0.39 is 0 Å². The van der Waals surface area contributed by atoms with Crippen LogP contribution < -0.4 is 34.8 Å². The molecule has 164 valence electrons. The lowest BCUT2D eigenvalue weighted by Crippen LogP contribution is -2.30.